The van der Waals surface area contributed by atoms with Gasteiger partial charge in [0.1, 0.15) is 12.4 Å². The van der Waals surface area contributed by atoms with E-state index in [9.17, 15) is 4.57 Å². The summed E-state index contributed by atoms with van der Waals surface area (Å²) >= 11 is 0. The molecular formula is C16H27O5P. The van der Waals surface area contributed by atoms with Gasteiger partial charge in [-0.25, -0.2) is 4.57 Å². The highest BCUT2D eigenvalue weighted by molar-refractivity contribution is 7.46. The minimum Gasteiger partial charge on any atom is -0.491 e. The number of phosphoric acid groups is 1. The molecule has 5 nitrogen and oxygen atoms in total. The summed E-state index contributed by atoms with van der Waals surface area (Å²) < 4.78 is 20.3. The lowest BCUT2D eigenvalue weighted by atomic mass is 9.72. The van der Waals surface area contributed by atoms with E-state index < -0.39 is 7.82 Å². The zero-order valence-corrected chi connectivity index (χ0v) is 14.9. The van der Waals surface area contributed by atoms with E-state index in [4.69, 9.17) is 14.5 Å². The van der Waals surface area contributed by atoms with Crippen LogP contribution in [-0.2, 0) is 14.5 Å². The molecule has 0 heterocycles. The van der Waals surface area contributed by atoms with Gasteiger partial charge in [-0.15, -0.1) is 0 Å². The Bertz CT molecular complexity index is 510. The summed E-state index contributed by atoms with van der Waals surface area (Å²) in [7, 11) is -4.42. The third kappa shape index (κ3) is 7.41. The number of hydrogen-bond acceptors (Lipinski definition) is 3. The molecule has 0 atom stereocenters. The summed E-state index contributed by atoms with van der Waals surface area (Å²) in [4.78, 5) is 17.1. The van der Waals surface area contributed by atoms with Crippen molar-refractivity contribution in [2.24, 2.45) is 5.41 Å². The molecule has 0 aliphatic rings. The maximum absolute atomic E-state index is 10.5. The SMILES string of the molecule is CC(C)(C)CC(C)(C)c1ccc(OCCOP(=O)(O)O)cc1. The smallest absolute Gasteiger partial charge is 0.469 e. The average Bonchev–Trinajstić information content (AvgIpc) is 2.31. The molecule has 0 radical (unpaired) electrons. The molecular weight excluding hydrogens is 303 g/mol. The predicted octanol–water partition coefficient (Wildman–Crippen LogP) is 3.89. The molecule has 2 N–H and O–H groups in total. The minimum absolute atomic E-state index is 0.0698. The van der Waals surface area contributed by atoms with Gasteiger partial charge >= 0.3 is 7.82 Å². The normalized spacial score (nSPS) is 13.2. The minimum atomic E-state index is -4.42. The molecule has 0 spiro atoms. The molecule has 1 aromatic carbocycles. The maximum atomic E-state index is 10.5. The number of rotatable bonds is 7. The predicted molar refractivity (Wildman–Crippen MR) is 87.0 cm³/mol. The fraction of sp³-hybridized carbons (Fsp3) is 0.625. The van der Waals surface area contributed by atoms with Crippen LogP contribution in [0.4, 0.5) is 0 Å². The van der Waals surface area contributed by atoms with Crippen LogP contribution in [0.1, 0.15) is 46.6 Å². The third-order valence-electron chi connectivity index (χ3n) is 3.22. The maximum Gasteiger partial charge on any atom is 0.469 e. The first-order valence-corrected chi connectivity index (χ1v) is 8.86. The summed E-state index contributed by atoms with van der Waals surface area (Å²) in [6, 6.07) is 7.81. The van der Waals surface area contributed by atoms with Crippen molar-refractivity contribution in [3.05, 3.63) is 29.8 Å². The van der Waals surface area contributed by atoms with Gasteiger partial charge in [0.2, 0.25) is 0 Å². The lowest BCUT2D eigenvalue weighted by Gasteiger charge is -2.33. The lowest BCUT2D eigenvalue weighted by Crippen LogP contribution is -2.24. The first-order chi connectivity index (χ1) is 9.89. The van der Waals surface area contributed by atoms with Gasteiger partial charge in [0.15, 0.2) is 0 Å². The van der Waals surface area contributed by atoms with Gasteiger partial charge in [-0.3, -0.25) is 4.52 Å². The monoisotopic (exact) mass is 330 g/mol. The fourth-order valence-electron chi connectivity index (χ4n) is 2.75. The number of hydrogen-bond donors (Lipinski definition) is 2. The molecule has 0 aromatic heterocycles. The van der Waals surface area contributed by atoms with Crippen molar-refractivity contribution in [2.75, 3.05) is 13.2 Å². The van der Waals surface area contributed by atoms with Crippen LogP contribution in [0.25, 0.3) is 0 Å². The number of benzene rings is 1. The third-order valence-corrected chi connectivity index (χ3v) is 3.74. The highest BCUT2D eigenvalue weighted by Gasteiger charge is 2.27. The Morgan fingerprint density at radius 3 is 2.00 bits per heavy atom. The zero-order chi connectivity index (χ0) is 17.0. The van der Waals surface area contributed by atoms with Crippen molar-refractivity contribution in [2.45, 2.75) is 46.5 Å². The molecule has 0 unspecified atom stereocenters. The van der Waals surface area contributed by atoms with E-state index in [2.05, 4.69) is 39.1 Å². The first kappa shape index (κ1) is 19.2. The fourth-order valence-corrected chi connectivity index (χ4v) is 3.06. The summed E-state index contributed by atoms with van der Waals surface area (Å²) in [5, 5.41) is 0. The van der Waals surface area contributed by atoms with Crippen LogP contribution < -0.4 is 4.74 Å². The van der Waals surface area contributed by atoms with Crippen molar-refractivity contribution < 1.29 is 23.6 Å². The van der Waals surface area contributed by atoms with Gasteiger partial charge in [-0.1, -0.05) is 46.8 Å². The zero-order valence-electron chi connectivity index (χ0n) is 14.0. The first-order valence-electron chi connectivity index (χ1n) is 7.33. The molecule has 126 valence electrons. The van der Waals surface area contributed by atoms with Gasteiger partial charge in [-0.2, -0.15) is 0 Å². The van der Waals surface area contributed by atoms with Crippen molar-refractivity contribution in [3.8, 4) is 5.75 Å². The Morgan fingerprint density at radius 1 is 1.00 bits per heavy atom. The van der Waals surface area contributed by atoms with E-state index in [1.54, 1.807) is 0 Å². The molecule has 0 fully saturated rings. The van der Waals surface area contributed by atoms with Gasteiger partial charge in [0.25, 0.3) is 0 Å². The Kier molecular flexibility index (Phi) is 6.22. The van der Waals surface area contributed by atoms with Crippen molar-refractivity contribution in [1.29, 1.82) is 0 Å². The van der Waals surface area contributed by atoms with E-state index in [1.807, 2.05) is 24.3 Å². The lowest BCUT2D eigenvalue weighted by molar-refractivity contribution is 0.160. The summed E-state index contributed by atoms with van der Waals surface area (Å²) in [6.45, 7) is 11.1. The molecule has 0 aliphatic heterocycles. The summed E-state index contributed by atoms with van der Waals surface area (Å²) in [6.07, 6.45) is 1.07. The van der Waals surface area contributed by atoms with Crippen molar-refractivity contribution in [3.63, 3.8) is 0 Å². The van der Waals surface area contributed by atoms with E-state index in [1.165, 1.54) is 5.56 Å². The molecule has 0 aliphatic carbocycles. The Labute approximate surface area is 132 Å². The Hall–Kier alpha value is -0.870. The van der Waals surface area contributed by atoms with Crippen LogP contribution in [0.15, 0.2) is 24.3 Å². The topological polar surface area (TPSA) is 76.0 Å². The number of ether oxygens (including phenoxy) is 1. The van der Waals surface area contributed by atoms with E-state index in [0.29, 0.717) is 5.75 Å². The van der Waals surface area contributed by atoms with Crippen molar-refractivity contribution >= 4 is 7.82 Å². The van der Waals surface area contributed by atoms with Gasteiger partial charge < -0.3 is 14.5 Å². The highest BCUT2D eigenvalue weighted by Crippen LogP contribution is 2.37. The van der Waals surface area contributed by atoms with Crippen molar-refractivity contribution in [1.82, 2.24) is 0 Å². The standard InChI is InChI=1S/C16H27O5P/c1-15(2,3)12-16(4,5)13-6-8-14(9-7-13)20-10-11-21-22(17,18)19/h6-9H,10-12H2,1-5H3,(H2,17,18,19). The molecule has 22 heavy (non-hydrogen) atoms. The Morgan fingerprint density at radius 2 is 1.55 bits per heavy atom. The van der Waals surface area contributed by atoms with Crippen LogP contribution in [0, 0.1) is 5.41 Å². The van der Waals surface area contributed by atoms with Gasteiger partial charge in [-0.05, 0) is 34.9 Å². The largest absolute Gasteiger partial charge is 0.491 e. The quantitative estimate of drug-likeness (QED) is 0.586. The van der Waals surface area contributed by atoms with Crippen LogP contribution in [0.2, 0.25) is 0 Å². The molecule has 1 rings (SSSR count). The van der Waals surface area contributed by atoms with Crippen LogP contribution >= 0.6 is 7.82 Å². The van der Waals surface area contributed by atoms with Gasteiger partial charge in [0, 0.05) is 0 Å². The van der Waals surface area contributed by atoms with Crippen LogP contribution in [0.5, 0.6) is 5.75 Å². The van der Waals surface area contributed by atoms with Gasteiger partial charge in [0.05, 0.1) is 6.61 Å². The Balaban J connectivity index is 2.58. The van der Waals surface area contributed by atoms with Crippen LogP contribution in [-0.4, -0.2) is 23.0 Å². The second-order valence-electron chi connectivity index (χ2n) is 7.32. The second-order valence-corrected chi connectivity index (χ2v) is 8.56. The van der Waals surface area contributed by atoms with Crippen LogP contribution in [0.3, 0.4) is 0 Å². The molecule has 0 saturated heterocycles. The second kappa shape index (κ2) is 7.14. The molecule has 1 aromatic rings. The van der Waals surface area contributed by atoms with E-state index >= 15 is 0 Å². The van der Waals surface area contributed by atoms with E-state index in [0.717, 1.165) is 6.42 Å². The summed E-state index contributed by atoms with van der Waals surface area (Å²) in [5.74, 6) is 0.657. The molecule has 0 amide bonds. The highest BCUT2D eigenvalue weighted by atomic mass is 31.2. The molecule has 6 heteroatoms. The average molecular weight is 330 g/mol. The molecule has 0 bridgehead atoms. The molecule has 0 saturated carbocycles. The van der Waals surface area contributed by atoms with E-state index in [-0.39, 0.29) is 24.0 Å². The summed E-state index contributed by atoms with van der Waals surface area (Å²) in [5.41, 5.74) is 1.56. The number of phosphoric ester groups is 1.